The summed E-state index contributed by atoms with van der Waals surface area (Å²) < 4.78 is 31.7. The molecule has 9 nitrogen and oxygen atoms in total. The van der Waals surface area contributed by atoms with Crippen LogP contribution in [0.25, 0.3) is 10.9 Å². The molecule has 3 aliphatic rings. The number of amides is 1. The van der Waals surface area contributed by atoms with Crippen LogP contribution in [-0.2, 0) is 21.1 Å². The van der Waals surface area contributed by atoms with Gasteiger partial charge < -0.3 is 19.6 Å². The summed E-state index contributed by atoms with van der Waals surface area (Å²) >= 11 is 0. The minimum Gasteiger partial charge on any atom is -0.465 e. The molecular formula is C30H36N4O5S. The molecule has 2 saturated heterocycles. The molecule has 4 heterocycles. The third-order valence-corrected chi connectivity index (χ3v) is 10.3. The van der Waals surface area contributed by atoms with Gasteiger partial charge in [-0.1, -0.05) is 29.8 Å². The van der Waals surface area contributed by atoms with Crippen LogP contribution < -0.4 is 9.80 Å². The normalized spacial score (nSPS) is 21.6. The molecule has 1 amide bonds. The van der Waals surface area contributed by atoms with Gasteiger partial charge in [-0.2, -0.15) is 0 Å². The molecule has 2 aromatic carbocycles. The number of nitrogens with zero attached hydrogens (tertiary/aromatic N) is 4. The summed E-state index contributed by atoms with van der Waals surface area (Å²) in [6.07, 6.45) is -0.925. The summed E-state index contributed by atoms with van der Waals surface area (Å²) in [4.78, 5) is 23.8. The molecule has 1 spiro atoms. The quantitative estimate of drug-likeness (QED) is 0.502. The first-order chi connectivity index (χ1) is 18.9. The SMILES string of the molecule is Cc1ccc2nc(N3CCS(=O)(=O)c4ccccc4C3)cc(N3CC(N(C(=O)O)C(C)(C)C)C4(COC4)C3)c2c1. The van der Waals surface area contributed by atoms with E-state index >= 15 is 0 Å². The molecule has 6 rings (SSSR count). The molecule has 0 radical (unpaired) electrons. The number of carbonyl (C=O) groups is 1. The van der Waals surface area contributed by atoms with Crippen LogP contribution >= 0.6 is 0 Å². The molecule has 212 valence electrons. The van der Waals surface area contributed by atoms with Crippen LogP contribution in [0.2, 0.25) is 0 Å². The molecule has 40 heavy (non-hydrogen) atoms. The average molecular weight is 565 g/mol. The number of anilines is 2. The minimum atomic E-state index is -3.40. The van der Waals surface area contributed by atoms with Crippen molar-refractivity contribution < 1.29 is 23.1 Å². The van der Waals surface area contributed by atoms with Gasteiger partial charge in [0.05, 0.1) is 40.8 Å². The van der Waals surface area contributed by atoms with Gasteiger partial charge in [-0.05, 0) is 51.5 Å². The highest BCUT2D eigenvalue weighted by Gasteiger charge is 2.57. The van der Waals surface area contributed by atoms with Crippen molar-refractivity contribution in [2.45, 2.75) is 50.7 Å². The van der Waals surface area contributed by atoms with Crippen LogP contribution in [0.1, 0.15) is 31.9 Å². The van der Waals surface area contributed by atoms with Crippen LogP contribution in [-0.4, -0.2) is 79.7 Å². The second-order valence-corrected chi connectivity index (χ2v) is 14.5. The summed E-state index contributed by atoms with van der Waals surface area (Å²) in [5.41, 5.74) is 2.82. The van der Waals surface area contributed by atoms with Crippen LogP contribution in [0.5, 0.6) is 0 Å². The average Bonchev–Trinajstić information content (AvgIpc) is 3.19. The van der Waals surface area contributed by atoms with E-state index < -0.39 is 21.5 Å². The van der Waals surface area contributed by atoms with Gasteiger partial charge >= 0.3 is 6.09 Å². The topological polar surface area (TPSA) is 103 Å². The molecule has 10 heteroatoms. The lowest BCUT2D eigenvalue weighted by Crippen LogP contribution is -2.63. The van der Waals surface area contributed by atoms with Gasteiger partial charge in [-0.15, -0.1) is 0 Å². The van der Waals surface area contributed by atoms with E-state index in [2.05, 4.69) is 17.0 Å². The number of pyridine rings is 1. The van der Waals surface area contributed by atoms with Crippen LogP contribution in [0.15, 0.2) is 53.4 Å². The predicted octanol–water partition coefficient (Wildman–Crippen LogP) is 4.32. The number of hydrogen-bond acceptors (Lipinski definition) is 7. The molecule has 1 aromatic heterocycles. The number of fused-ring (bicyclic) bond motifs is 2. The van der Waals surface area contributed by atoms with E-state index in [9.17, 15) is 18.3 Å². The van der Waals surface area contributed by atoms with Gasteiger partial charge in [-0.25, -0.2) is 18.2 Å². The Labute approximate surface area is 235 Å². The van der Waals surface area contributed by atoms with Crippen molar-refractivity contribution in [1.82, 2.24) is 9.88 Å². The lowest BCUT2D eigenvalue weighted by molar-refractivity contribution is -0.137. The van der Waals surface area contributed by atoms with Crippen molar-refractivity contribution in [1.29, 1.82) is 0 Å². The summed E-state index contributed by atoms with van der Waals surface area (Å²) in [7, 11) is -3.40. The molecule has 1 N–H and O–H groups in total. The van der Waals surface area contributed by atoms with E-state index in [0.29, 0.717) is 50.1 Å². The highest BCUT2D eigenvalue weighted by atomic mass is 32.2. The van der Waals surface area contributed by atoms with Crippen molar-refractivity contribution in [3.63, 3.8) is 0 Å². The van der Waals surface area contributed by atoms with Crippen molar-refractivity contribution in [3.05, 3.63) is 59.7 Å². The summed E-state index contributed by atoms with van der Waals surface area (Å²) in [6.45, 7) is 10.9. The number of rotatable bonds is 3. The van der Waals surface area contributed by atoms with E-state index in [1.54, 1.807) is 17.0 Å². The first-order valence-corrected chi connectivity index (χ1v) is 15.4. The fourth-order valence-electron chi connectivity index (χ4n) is 6.52. The van der Waals surface area contributed by atoms with Crippen molar-refractivity contribution in [3.8, 4) is 0 Å². The molecule has 0 saturated carbocycles. The Balaban J connectivity index is 1.44. The number of benzene rings is 2. The van der Waals surface area contributed by atoms with Gasteiger partial charge in [0.25, 0.3) is 0 Å². The Kier molecular flexibility index (Phi) is 6.27. The number of sulfone groups is 1. The van der Waals surface area contributed by atoms with Crippen molar-refractivity contribution >= 4 is 38.3 Å². The zero-order valence-corrected chi connectivity index (χ0v) is 24.2. The van der Waals surface area contributed by atoms with Gasteiger partial charge in [0, 0.05) is 48.9 Å². The molecule has 0 aliphatic carbocycles. The van der Waals surface area contributed by atoms with Crippen LogP contribution in [0.3, 0.4) is 0 Å². The Hall–Kier alpha value is -3.37. The Morgan fingerprint density at radius 2 is 1.88 bits per heavy atom. The molecule has 1 unspecified atom stereocenters. The van der Waals surface area contributed by atoms with Crippen molar-refractivity contribution in [2.24, 2.45) is 5.41 Å². The maximum Gasteiger partial charge on any atom is 0.408 e. The number of carboxylic acid groups (broad SMARTS) is 1. The van der Waals surface area contributed by atoms with E-state index in [-0.39, 0.29) is 17.2 Å². The Morgan fingerprint density at radius 3 is 2.55 bits per heavy atom. The summed E-state index contributed by atoms with van der Waals surface area (Å²) in [5, 5.41) is 11.3. The number of aromatic nitrogens is 1. The zero-order chi connectivity index (χ0) is 28.4. The van der Waals surface area contributed by atoms with Gasteiger partial charge in [0.2, 0.25) is 0 Å². The lowest BCUT2D eigenvalue weighted by atomic mass is 9.79. The highest BCUT2D eigenvalue weighted by molar-refractivity contribution is 7.91. The fourth-order valence-corrected chi connectivity index (χ4v) is 8.02. The fraction of sp³-hybridized carbons (Fsp3) is 0.467. The second kappa shape index (κ2) is 9.34. The van der Waals surface area contributed by atoms with E-state index in [0.717, 1.165) is 27.7 Å². The van der Waals surface area contributed by atoms with E-state index in [1.165, 1.54) is 0 Å². The number of aryl methyl sites for hydroxylation is 1. The standard InChI is InChI=1S/C30H36N4O5S/c1-20-9-10-23-22(13-20)24(33-16-26(30(17-33)18-39-19-30)34(28(35)36)29(2,3)4)14-27(31-23)32-11-12-40(37,38)25-8-6-5-7-21(25)15-32/h5-10,13-14,26H,11-12,15-19H2,1-4H3,(H,35,36). The van der Waals surface area contributed by atoms with E-state index in [1.807, 2.05) is 56.9 Å². The molecule has 0 bridgehead atoms. The van der Waals surface area contributed by atoms with Gasteiger partial charge in [-0.3, -0.25) is 4.90 Å². The first kappa shape index (κ1) is 26.8. The summed E-state index contributed by atoms with van der Waals surface area (Å²) in [5.74, 6) is 0.727. The summed E-state index contributed by atoms with van der Waals surface area (Å²) in [6, 6.07) is 15.2. The number of hydrogen-bond donors (Lipinski definition) is 1. The number of ether oxygens (including phenoxy) is 1. The Bertz CT molecular complexity index is 1600. The minimum absolute atomic E-state index is 0.0123. The van der Waals surface area contributed by atoms with E-state index in [4.69, 9.17) is 9.72 Å². The van der Waals surface area contributed by atoms with Gasteiger partial charge in [0.15, 0.2) is 9.84 Å². The maximum atomic E-state index is 13.0. The smallest absolute Gasteiger partial charge is 0.408 e. The van der Waals surface area contributed by atoms with Crippen LogP contribution in [0, 0.1) is 12.3 Å². The third-order valence-electron chi connectivity index (χ3n) is 8.52. The predicted molar refractivity (Wildman–Crippen MR) is 155 cm³/mol. The zero-order valence-electron chi connectivity index (χ0n) is 23.4. The maximum absolute atomic E-state index is 13.0. The second-order valence-electron chi connectivity index (χ2n) is 12.4. The lowest BCUT2D eigenvalue weighted by Gasteiger charge is -2.49. The molecule has 1 atom stereocenters. The molecule has 3 aromatic rings. The molecule has 2 fully saturated rings. The molecular weight excluding hydrogens is 528 g/mol. The largest absolute Gasteiger partial charge is 0.465 e. The highest BCUT2D eigenvalue weighted by Crippen LogP contribution is 2.46. The molecule has 3 aliphatic heterocycles. The van der Waals surface area contributed by atoms with Crippen molar-refractivity contribution in [2.75, 3.05) is 48.4 Å². The van der Waals surface area contributed by atoms with Gasteiger partial charge in [0.1, 0.15) is 5.82 Å². The monoisotopic (exact) mass is 564 g/mol. The van der Waals surface area contributed by atoms with Crippen LogP contribution in [0.4, 0.5) is 16.3 Å². The first-order valence-electron chi connectivity index (χ1n) is 13.7. The third kappa shape index (κ3) is 4.47. The Morgan fingerprint density at radius 1 is 1.12 bits per heavy atom.